The lowest BCUT2D eigenvalue weighted by molar-refractivity contribution is 0.547. The van der Waals surface area contributed by atoms with Gasteiger partial charge in [0.25, 0.3) is 0 Å². The Labute approximate surface area is 121 Å². The van der Waals surface area contributed by atoms with Gasteiger partial charge in [-0.3, -0.25) is 0 Å². The number of rotatable bonds is 3. The number of nitrogens with one attached hydrogen (secondary N) is 2. The summed E-state index contributed by atoms with van der Waals surface area (Å²) in [6.45, 7) is 5.85. The molecule has 0 saturated heterocycles. The van der Waals surface area contributed by atoms with Gasteiger partial charge < -0.3 is 10.7 Å². The fourth-order valence-corrected chi connectivity index (χ4v) is 1.65. The summed E-state index contributed by atoms with van der Waals surface area (Å²) < 4.78 is 26.6. The van der Waals surface area contributed by atoms with Crippen LogP contribution in [0.15, 0.2) is 24.3 Å². The molecule has 0 aliphatic carbocycles. The van der Waals surface area contributed by atoms with E-state index in [9.17, 15) is 8.78 Å². The van der Waals surface area contributed by atoms with Crippen LogP contribution >= 0.6 is 0 Å². The highest BCUT2D eigenvalue weighted by Gasteiger charge is 2.19. The number of hydrogen-bond donors (Lipinski definition) is 3. The van der Waals surface area contributed by atoms with Crippen LogP contribution < -0.4 is 16.6 Å². The molecule has 2 rings (SSSR count). The number of halogens is 2. The number of benzene rings is 1. The minimum absolute atomic E-state index is 0.123. The highest BCUT2D eigenvalue weighted by Crippen LogP contribution is 2.25. The van der Waals surface area contributed by atoms with Crippen LogP contribution in [-0.2, 0) is 5.41 Å². The van der Waals surface area contributed by atoms with Gasteiger partial charge in [-0.25, -0.2) is 24.6 Å². The van der Waals surface area contributed by atoms with Crippen molar-refractivity contribution in [2.45, 2.75) is 26.2 Å². The number of aromatic nitrogens is 2. The molecule has 1 heterocycles. The minimum atomic E-state index is -0.701. The third-order valence-corrected chi connectivity index (χ3v) is 2.74. The Hall–Kier alpha value is -2.28. The first-order valence-electron chi connectivity index (χ1n) is 6.38. The number of nitrogens with zero attached hydrogens (tertiary/aromatic N) is 2. The number of nitrogens with two attached hydrogens (primary N) is 1. The summed E-state index contributed by atoms with van der Waals surface area (Å²) in [5, 5.41) is 2.80. The third-order valence-electron chi connectivity index (χ3n) is 2.74. The maximum Gasteiger partial charge on any atom is 0.149 e. The van der Waals surface area contributed by atoms with E-state index in [0.717, 1.165) is 6.07 Å². The molecule has 112 valence electrons. The van der Waals surface area contributed by atoms with Gasteiger partial charge in [-0.15, -0.1) is 0 Å². The van der Waals surface area contributed by atoms with Gasteiger partial charge in [0.2, 0.25) is 0 Å². The van der Waals surface area contributed by atoms with Crippen molar-refractivity contribution in [1.82, 2.24) is 9.97 Å². The Morgan fingerprint density at radius 2 is 1.71 bits per heavy atom. The zero-order valence-corrected chi connectivity index (χ0v) is 12.0. The lowest BCUT2D eigenvalue weighted by Gasteiger charge is -2.19. The summed E-state index contributed by atoms with van der Waals surface area (Å²) in [7, 11) is 0. The lowest BCUT2D eigenvalue weighted by atomic mass is 9.96. The summed E-state index contributed by atoms with van der Waals surface area (Å²) in [5.74, 6) is 5.36. The predicted octanol–water partition coefficient (Wildman–Crippen LogP) is 3.08. The Balaban J connectivity index is 2.39. The monoisotopic (exact) mass is 293 g/mol. The van der Waals surface area contributed by atoms with Gasteiger partial charge in [0.05, 0.1) is 5.69 Å². The SMILES string of the molecule is CC(C)(C)c1nc(NN)cc(Nc2ccc(F)cc2F)n1. The van der Waals surface area contributed by atoms with Gasteiger partial charge in [-0.05, 0) is 12.1 Å². The number of hydrazine groups is 1. The summed E-state index contributed by atoms with van der Waals surface area (Å²) in [5.41, 5.74) is 2.27. The van der Waals surface area contributed by atoms with Crippen LogP contribution in [-0.4, -0.2) is 9.97 Å². The zero-order chi connectivity index (χ0) is 15.6. The molecule has 0 aliphatic heterocycles. The van der Waals surface area contributed by atoms with Crippen molar-refractivity contribution in [1.29, 1.82) is 0 Å². The second kappa shape index (κ2) is 5.61. The molecule has 4 N–H and O–H groups in total. The maximum absolute atomic E-state index is 13.7. The number of hydrogen-bond acceptors (Lipinski definition) is 5. The van der Waals surface area contributed by atoms with Crippen molar-refractivity contribution in [2.75, 3.05) is 10.7 Å². The van der Waals surface area contributed by atoms with Gasteiger partial charge in [-0.1, -0.05) is 20.8 Å². The van der Waals surface area contributed by atoms with Gasteiger partial charge in [0.15, 0.2) is 0 Å². The van der Waals surface area contributed by atoms with Crippen molar-refractivity contribution >= 4 is 17.3 Å². The second-order valence-electron chi connectivity index (χ2n) is 5.61. The predicted molar refractivity (Wildman–Crippen MR) is 78.2 cm³/mol. The van der Waals surface area contributed by atoms with E-state index >= 15 is 0 Å². The van der Waals surface area contributed by atoms with Crippen molar-refractivity contribution in [2.24, 2.45) is 5.84 Å². The molecule has 2 aromatic rings. The molecule has 0 aliphatic rings. The van der Waals surface area contributed by atoms with Gasteiger partial charge in [-0.2, -0.15) is 0 Å². The van der Waals surface area contributed by atoms with E-state index in [2.05, 4.69) is 20.7 Å². The standard InChI is InChI=1S/C14H17F2N5/c1-14(2,3)13-19-11(7-12(20-13)21-17)18-10-5-4-8(15)6-9(10)16/h4-7H,17H2,1-3H3,(H2,18,19,20,21). The number of nitrogen functional groups attached to an aromatic ring is 1. The van der Waals surface area contributed by atoms with Crippen LogP contribution in [0.5, 0.6) is 0 Å². The first-order chi connectivity index (χ1) is 9.79. The molecule has 21 heavy (non-hydrogen) atoms. The maximum atomic E-state index is 13.7. The van der Waals surface area contributed by atoms with E-state index in [1.807, 2.05) is 20.8 Å². The first-order valence-corrected chi connectivity index (χ1v) is 6.38. The molecule has 0 bridgehead atoms. The molecule has 0 saturated carbocycles. The first kappa shape index (κ1) is 15.1. The molecule has 7 heteroatoms. The Bertz CT molecular complexity index is 652. The van der Waals surface area contributed by atoms with E-state index in [1.54, 1.807) is 0 Å². The molecule has 5 nitrogen and oxygen atoms in total. The molecule has 0 unspecified atom stereocenters. The molecule has 1 aromatic carbocycles. The molecule has 0 spiro atoms. The Morgan fingerprint density at radius 3 is 2.29 bits per heavy atom. The van der Waals surface area contributed by atoms with Crippen LogP contribution in [0.25, 0.3) is 0 Å². The van der Waals surface area contributed by atoms with E-state index in [1.165, 1.54) is 18.2 Å². The van der Waals surface area contributed by atoms with Crippen molar-refractivity contribution in [3.8, 4) is 0 Å². The Kier molecular flexibility index (Phi) is 4.04. The summed E-state index contributed by atoms with van der Waals surface area (Å²) >= 11 is 0. The zero-order valence-electron chi connectivity index (χ0n) is 12.0. The molecular formula is C14H17F2N5. The smallest absolute Gasteiger partial charge is 0.149 e. The van der Waals surface area contributed by atoms with Crippen molar-refractivity contribution in [3.05, 3.63) is 41.7 Å². The normalized spacial score (nSPS) is 11.3. The van der Waals surface area contributed by atoms with Crippen molar-refractivity contribution < 1.29 is 8.78 Å². The molecule has 1 aromatic heterocycles. The molecule has 0 radical (unpaired) electrons. The average molecular weight is 293 g/mol. The highest BCUT2D eigenvalue weighted by atomic mass is 19.1. The van der Waals surface area contributed by atoms with Gasteiger partial charge in [0.1, 0.15) is 29.1 Å². The van der Waals surface area contributed by atoms with E-state index < -0.39 is 11.6 Å². The summed E-state index contributed by atoms with van der Waals surface area (Å²) in [6, 6.07) is 4.81. The molecular weight excluding hydrogens is 276 g/mol. The fraction of sp³-hybridized carbons (Fsp3) is 0.286. The van der Waals surface area contributed by atoms with Gasteiger partial charge in [0, 0.05) is 17.5 Å². The van der Waals surface area contributed by atoms with E-state index in [0.29, 0.717) is 17.5 Å². The third kappa shape index (κ3) is 3.63. The average Bonchev–Trinajstić information content (AvgIpc) is 2.40. The second-order valence-corrected chi connectivity index (χ2v) is 5.61. The van der Waals surface area contributed by atoms with Crippen LogP contribution in [0.2, 0.25) is 0 Å². The molecule has 0 amide bonds. The number of anilines is 3. The Morgan fingerprint density at radius 1 is 1.05 bits per heavy atom. The summed E-state index contributed by atoms with van der Waals surface area (Å²) in [6.07, 6.45) is 0. The quantitative estimate of drug-likeness (QED) is 0.599. The van der Waals surface area contributed by atoms with Crippen LogP contribution in [0.4, 0.5) is 26.1 Å². The van der Waals surface area contributed by atoms with E-state index in [-0.39, 0.29) is 11.1 Å². The highest BCUT2D eigenvalue weighted by molar-refractivity contribution is 5.59. The topological polar surface area (TPSA) is 75.9 Å². The summed E-state index contributed by atoms with van der Waals surface area (Å²) in [4.78, 5) is 8.59. The minimum Gasteiger partial charge on any atom is -0.338 e. The van der Waals surface area contributed by atoms with Crippen LogP contribution in [0.1, 0.15) is 26.6 Å². The molecule has 0 fully saturated rings. The van der Waals surface area contributed by atoms with Crippen LogP contribution in [0.3, 0.4) is 0 Å². The fourth-order valence-electron chi connectivity index (χ4n) is 1.65. The van der Waals surface area contributed by atoms with Crippen LogP contribution in [0, 0.1) is 11.6 Å². The largest absolute Gasteiger partial charge is 0.338 e. The lowest BCUT2D eigenvalue weighted by Crippen LogP contribution is -2.19. The van der Waals surface area contributed by atoms with E-state index in [4.69, 9.17) is 5.84 Å². The van der Waals surface area contributed by atoms with Gasteiger partial charge >= 0.3 is 0 Å². The van der Waals surface area contributed by atoms with Crippen molar-refractivity contribution in [3.63, 3.8) is 0 Å². The molecule has 0 atom stereocenters.